The minimum absolute atomic E-state index is 0.0403. The van der Waals surface area contributed by atoms with Crippen LogP contribution in [0.5, 0.6) is 0 Å². The van der Waals surface area contributed by atoms with Crippen molar-refractivity contribution >= 4 is 17.8 Å². The van der Waals surface area contributed by atoms with Crippen molar-refractivity contribution in [3.05, 3.63) is 0 Å². The second-order valence-electron chi connectivity index (χ2n) is 6.16. The first-order valence-corrected chi connectivity index (χ1v) is 8.23. The Morgan fingerprint density at radius 1 is 1.00 bits per heavy atom. The van der Waals surface area contributed by atoms with Crippen molar-refractivity contribution in [2.45, 2.75) is 39.5 Å². The molecule has 0 aromatic carbocycles. The van der Waals surface area contributed by atoms with Gasteiger partial charge in [0.2, 0.25) is 11.8 Å². The highest BCUT2D eigenvalue weighted by atomic mass is 16.5. The van der Waals surface area contributed by atoms with Crippen molar-refractivity contribution in [1.82, 2.24) is 9.80 Å². The Morgan fingerprint density at radius 2 is 1.68 bits per heavy atom. The molecule has 0 aliphatic carbocycles. The lowest BCUT2D eigenvalue weighted by Gasteiger charge is -2.37. The van der Waals surface area contributed by atoms with Gasteiger partial charge in [-0.1, -0.05) is 0 Å². The van der Waals surface area contributed by atoms with Crippen molar-refractivity contribution in [3.8, 4) is 0 Å². The minimum atomic E-state index is -0.143. The number of carbonyl (C=O) groups is 3. The summed E-state index contributed by atoms with van der Waals surface area (Å²) < 4.78 is 5.05. The van der Waals surface area contributed by atoms with E-state index in [1.54, 1.807) is 18.7 Å². The van der Waals surface area contributed by atoms with Crippen LogP contribution in [0.2, 0.25) is 0 Å². The predicted octanol–water partition coefficient (Wildman–Crippen LogP) is 1.05. The number of nitrogens with zero attached hydrogens (tertiary/aromatic N) is 2. The van der Waals surface area contributed by atoms with E-state index in [0.717, 1.165) is 19.4 Å². The van der Waals surface area contributed by atoms with E-state index in [1.165, 1.54) is 0 Å². The number of piperidine rings is 2. The van der Waals surface area contributed by atoms with Crippen LogP contribution >= 0.6 is 0 Å². The molecule has 6 heteroatoms. The number of esters is 1. The van der Waals surface area contributed by atoms with Gasteiger partial charge in [0, 0.05) is 33.1 Å². The first-order chi connectivity index (χ1) is 10.5. The SMILES string of the molecule is CCOC(=O)C1CCN(C(=O)C2CCCN(C(C)=O)C2)CC1. The smallest absolute Gasteiger partial charge is 0.309 e. The standard InChI is InChI=1S/C16H26N2O4/c1-3-22-16(21)13-6-9-17(10-7-13)15(20)14-5-4-8-18(11-14)12(2)19/h13-14H,3-11H2,1-2H3. The maximum absolute atomic E-state index is 12.6. The second-order valence-corrected chi connectivity index (χ2v) is 6.16. The molecule has 2 saturated heterocycles. The molecule has 6 nitrogen and oxygen atoms in total. The third-order valence-electron chi connectivity index (χ3n) is 4.64. The summed E-state index contributed by atoms with van der Waals surface area (Å²) in [5, 5.41) is 0. The zero-order valence-corrected chi connectivity index (χ0v) is 13.5. The number of amides is 2. The van der Waals surface area contributed by atoms with Gasteiger partial charge in [-0.15, -0.1) is 0 Å². The van der Waals surface area contributed by atoms with Gasteiger partial charge in [0.1, 0.15) is 0 Å². The van der Waals surface area contributed by atoms with E-state index < -0.39 is 0 Å². The van der Waals surface area contributed by atoms with Gasteiger partial charge in [0.25, 0.3) is 0 Å². The number of hydrogen-bond acceptors (Lipinski definition) is 4. The second kappa shape index (κ2) is 7.61. The first-order valence-electron chi connectivity index (χ1n) is 8.23. The average Bonchev–Trinajstić information content (AvgIpc) is 2.54. The molecule has 2 fully saturated rings. The molecule has 2 aliphatic heterocycles. The van der Waals surface area contributed by atoms with Crippen LogP contribution in [0.4, 0.5) is 0 Å². The van der Waals surface area contributed by atoms with Crippen molar-refractivity contribution < 1.29 is 19.1 Å². The molecule has 2 heterocycles. The van der Waals surface area contributed by atoms with Gasteiger partial charge in [-0.05, 0) is 32.6 Å². The van der Waals surface area contributed by atoms with Gasteiger partial charge in [0.15, 0.2) is 0 Å². The van der Waals surface area contributed by atoms with Crippen LogP contribution in [0.3, 0.4) is 0 Å². The maximum atomic E-state index is 12.6. The number of ether oxygens (including phenoxy) is 1. The van der Waals surface area contributed by atoms with Crippen molar-refractivity contribution in [3.63, 3.8) is 0 Å². The van der Waals surface area contributed by atoms with E-state index in [0.29, 0.717) is 39.1 Å². The highest BCUT2D eigenvalue weighted by Gasteiger charge is 2.33. The van der Waals surface area contributed by atoms with Crippen LogP contribution in [0.15, 0.2) is 0 Å². The molecule has 1 atom stereocenters. The predicted molar refractivity (Wildman–Crippen MR) is 80.9 cm³/mol. The number of carbonyl (C=O) groups excluding carboxylic acids is 3. The average molecular weight is 310 g/mol. The molecule has 2 rings (SSSR count). The Bertz CT molecular complexity index is 430. The van der Waals surface area contributed by atoms with Crippen molar-refractivity contribution in [2.24, 2.45) is 11.8 Å². The molecular formula is C16H26N2O4. The third kappa shape index (κ3) is 3.99. The lowest BCUT2D eigenvalue weighted by atomic mass is 9.93. The van der Waals surface area contributed by atoms with Crippen LogP contribution in [-0.2, 0) is 19.1 Å². The highest BCUT2D eigenvalue weighted by Crippen LogP contribution is 2.24. The van der Waals surface area contributed by atoms with Gasteiger partial charge < -0.3 is 14.5 Å². The summed E-state index contributed by atoms with van der Waals surface area (Å²) in [7, 11) is 0. The largest absolute Gasteiger partial charge is 0.466 e. The Balaban J connectivity index is 1.84. The molecule has 0 saturated carbocycles. The lowest BCUT2D eigenvalue weighted by Crippen LogP contribution is -2.48. The number of likely N-dealkylation sites (tertiary alicyclic amines) is 2. The van der Waals surface area contributed by atoms with Crippen LogP contribution in [0.1, 0.15) is 39.5 Å². The molecule has 0 bridgehead atoms. The maximum Gasteiger partial charge on any atom is 0.309 e. The Morgan fingerprint density at radius 3 is 2.27 bits per heavy atom. The Kier molecular flexibility index (Phi) is 5.80. The summed E-state index contributed by atoms with van der Waals surface area (Å²) in [6.07, 6.45) is 3.08. The molecule has 0 N–H and O–H groups in total. The van der Waals surface area contributed by atoms with Crippen molar-refractivity contribution in [1.29, 1.82) is 0 Å². The van der Waals surface area contributed by atoms with E-state index in [-0.39, 0.29) is 29.6 Å². The van der Waals surface area contributed by atoms with E-state index in [4.69, 9.17) is 4.74 Å². The fourth-order valence-electron chi connectivity index (χ4n) is 3.32. The summed E-state index contributed by atoms with van der Waals surface area (Å²) in [6, 6.07) is 0. The molecule has 2 amide bonds. The fourth-order valence-corrected chi connectivity index (χ4v) is 3.32. The normalized spacial score (nSPS) is 23.3. The number of hydrogen-bond donors (Lipinski definition) is 0. The third-order valence-corrected chi connectivity index (χ3v) is 4.64. The number of rotatable bonds is 3. The zero-order chi connectivity index (χ0) is 16.1. The molecule has 0 radical (unpaired) electrons. The minimum Gasteiger partial charge on any atom is -0.466 e. The molecule has 2 aliphatic rings. The summed E-state index contributed by atoms with van der Waals surface area (Å²) in [4.78, 5) is 39.4. The van der Waals surface area contributed by atoms with Crippen molar-refractivity contribution in [2.75, 3.05) is 32.8 Å². The summed E-state index contributed by atoms with van der Waals surface area (Å²) >= 11 is 0. The summed E-state index contributed by atoms with van der Waals surface area (Å²) in [5.41, 5.74) is 0. The molecule has 22 heavy (non-hydrogen) atoms. The molecule has 0 spiro atoms. The fraction of sp³-hybridized carbons (Fsp3) is 0.812. The van der Waals surface area contributed by atoms with Gasteiger partial charge >= 0.3 is 5.97 Å². The van der Waals surface area contributed by atoms with Gasteiger partial charge in [0.05, 0.1) is 18.4 Å². The van der Waals surface area contributed by atoms with E-state index in [1.807, 2.05) is 4.90 Å². The molecule has 0 aromatic rings. The van der Waals surface area contributed by atoms with E-state index in [9.17, 15) is 14.4 Å². The molecule has 124 valence electrons. The molecular weight excluding hydrogens is 284 g/mol. The van der Waals surface area contributed by atoms with E-state index >= 15 is 0 Å². The lowest BCUT2D eigenvalue weighted by molar-refractivity contribution is -0.152. The summed E-state index contributed by atoms with van der Waals surface area (Å²) in [6.45, 7) is 6.27. The molecule has 0 aromatic heterocycles. The van der Waals surface area contributed by atoms with Crippen LogP contribution < -0.4 is 0 Å². The Labute approximate surface area is 131 Å². The zero-order valence-electron chi connectivity index (χ0n) is 13.5. The highest BCUT2D eigenvalue weighted by molar-refractivity contribution is 5.81. The Hall–Kier alpha value is -1.59. The van der Waals surface area contributed by atoms with Gasteiger partial charge in [-0.25, -0.2) is 0 Å². The topological polar surface area (TPSA) is 66.9 Å². The quantitative estimate of drug-likeness (QED) is 0.731. The van der Waals surface area contributed by atoms with Gasteiger partial charge in [-0.3, -0.25) is 14.4 Å². The van der Waals surface area contributed by atoms with Gasteiger partial charge in [-0.2, -0.15) is 0 Å². The van der Waals surface area contributed by atoms with Crippen LogP contribution in [0.25, 0.3) is 0 Å². The monoisotopic (exact) mass is 310 g/mol. The van der Waals surface area contributed by atoms with Crippen LogP contribution in [-0.4, -0.2) is 60.4 Å². The van der Waals surface area contributed by atoms with Crippen LogP contribution in [0, 0.1) is 11.8 Å². The van der Waals surface area contributed by atoms with E-state index in [2.05, 4.69) is 0 Å². The summed E-state index contributed by atoms with van der Waals surface area (Å²) in [5.74, 6) is -0.136. The first kappa shape index (κ1) is 16.8. The molecule has 1 unspecified atom stereocenters.